The topological polar surface area (TPSA) is 69.6 Å². The van der Waals surface area contributed by atoms with Gasteiger partial charge in [0.25, 0.3) is 0 Å². The first-order valence-corrected chi connectivity index (χ1v) is 7.84. The zero-order valence-corrected chi connectivity index (χ0v) is 13.6. The Balaban J connectivity index is 2.01. The third-order valence-corrected chi connectivity index (χ3v) is 4.09. The molecule has 6 heteroatoms. The minimum atomic E-state index is 0.232. The van der Waals surface area contributed by atoms with Gasteiger partial charge in [-0.25, -0.2) is 9.67 Å². The number of nitrogens with zero attached hydrogens (tertiary/aromatic N) is 4. The van der Waals surface area contributed by atoms with Gasteiger partial charge in [-0.05, 0) is 24.3 Å². The highest BCUT2D eigenvalue weighted by Gasteiger charge is 2.15. The normalized spacial score (nSPS) is 11.0. The average molecular weight is 366 g/mol. The lowest BCUT2D eigenvalue weighted by molar-refractivity contribution is 0.900. The molecule has 0 aliphatic heterocycles. The van der Waals surface area contributed by atoms with E-state index in [1.165, 1.54) is 0 Å². The summed E-state index contributed by atoms with van der Waals surface area (Å²) < 4.78 is 2.80. The number of nitrogens with two attached hydrogens (primary N) is 1. The SMILES string of the molecule is Nc1ncc2c(-c3ccccc3)nn(-c3ccc(Br)cc3)c2n1. The second-order valence-corrected chi connectivity index (χ2v) is 5.98. The van der Waals surface area contributed by atoms with Gasteiger partial charge in [0.05, 0.1) is 11.1 Å². The van der Waals surface area contributed by atoms with Crippen LogP contribution in [0, 0.1) is 0 Å². The summed E-state index contributed by atoms with van der Waals surface area (Å²) in [6.07, 6.45) is 1.72. The molecule has 2 heterocycles. The lowest BCUT2D eigenvalue weighted by atomic mass is 10.1. The van der Waals surface area contributed by atoms with Crippen LogP contribution in [0.2, 0.25) is 0 Å². The summed E-state index contributed by atoms with van der Waals surface area (Å²) in [5.41, 5.74) is 9.23. The highest BCUT2D eigenvalue weighted by Crippen LogP contribution is 2.28. The molecule has 5 nitrogen and oxygen atoms in total. The molecule has 0 spiro atoms. The number of hydrogen-bond acceptors (Lipinski definition) is 4. The van der Waals surface area contributed by atoms with Gasteiger partial charge in [0.15, 0.2) is 5.65 Å². The molecular formula is C17H12BrN5. The third kappa shape index (κ3) is 2.47. The summed E-state index contributed by atoms with van der Waals surface area (Å²) in [7, 11) is 0. The molecule has 0 saturated carbocycles. The molecule has 0 radical (unpaired) electrons. The second kappa shape index (κ2) is 5.48. The summed E-state index contributed by atoms with van der Waals surface area (Å²) >= 11 is 3.45. The van der Waals surface area contributed by atoms with Gasteiger partial charge >= 0.3 is 0 Å². The highest BCUT2D eigenvalue weighted by molar-refractivity contribution is 9.10. The van der Waals surface area contributed by atoms with Crippen LogP contribution in [-0.4, -0.2) is 19.7 Å². The van der Waals surface area contributed by atoms with E-state index in [0.29, 0.717) is 5.65 Å². The van der Waals surface area contributed by atoms with E-state index in [1.807, 2.05) is 54.6 Å². The van der Waals surface area contributed by atoms with Crippen LogP contribution in [-0.2, 0) is 0 Å². The Kier molecular flexibility index (Phi) is 3.31. The van der Waals surface area contributed by atoms with Crippen LogP contribution in [0.4, 0.5) is 5.95 Å². The molecule has 0 bridgehead atoms. The van der Waals surface area contributed by atoms with Crippen molar-refractivity contribution in [2.75, 3.05) is 5.73 Å². The van der Waals surface area contributed by atoms with Gasteiger partial charge in [-0.3, -0.25) is 0 Å². The summed E-state index contributed by atoms with van der Waals surface area (Å²) in [6, 6.07) is 17.9. The van der Waals surface area contributed by atoms with Crippen LogP contribution < -0.4 is 5.73 Å². The predicted molar refractivity (Wildman–Crippen MR) is 94.2 cm³/mol. The van der Waals surface area contributed by atoms with E-state index in [1.54, 1.807) is 10.9 Å². The van der Waals surface area contributed by atoms with E-state index in [4.69, 9.17) is 10.8 Å². The van der Waals surface area contributed by atoms with Crippen LogP contribution in [0.1, 0.15) is 0 Å². The maximum absolute atomic E-state index is 5.77. The van der Waals surface area contributed by atoms with Crippen LogP contribution in [0.3, 0.4) is 0 Å². The Morgan fingerprint density at radius 1 is 0.957 bits per heavy atom. The Hall–Kier alpha value is -2.73. The standard InChI is InChI=1S/C17H12BrN5/c18-12-6-8-13(9-7-12)23-16-14(10-20-17(19)21-16)15(22-23)11-4-2-1-3-5-11/h1-10H,(H2,19,20,21). The number of aromatic nitrogens is 4. The Morgan fingerprint density at radius 3 is 2.43 bits per heavy atom. The highest BCUT2D eigenvalue weighted by atomic mass is 79.9. The minimum absolute atomic E-state index is 0.232. The van der Waals surface area contributed by atoms with E-state index < -0.39 is 0 Å². The van der Waals surface area contributed by atoms with Crippen molar-refractivity contribution in [3.05, 3.63) is 65.3 Å². The molecular weight excluding hydrogens is 354 g/mol. The molecule has 0 atom stereocenters. The molecule has 0 aliphatic rings. The fraction of sp³-hybridized carbons (Fsp3) is 0. The molecule has 4 aromatic rings. The van der Waals surface area contributed by atoms with Gasteiger partial charge in [0.2, 0.25) is 5.95 Å². The Labute approximate surface area is 140 Å². The van der Waals surface area contributed by atoms with Crippen molar-refractivity contribution in [1.29, 1.82) is 0 Å². The predicted octanol–water partition coefficient (Wildman–Crippen LogP) is 3.83. The minimum Gasteiger partial charge on any atom is -0.368 e. The molecule has 0 saturated heterocycles. The average Bonchev–Trinajstić information content (AvgIpc) is 2.95. The second-order valence-electron chi connectivity index (χ2n) is 5.07. The van der Waals surface area contributed by atoms with Gasteiger partial charge in [-0.15, -0.1) is 0 Å². The summed E-state index contributed by atoms with van der Waals surface area (Å²) in [5.74, 6) is 0.232. The molecule has 0 fully saturated rings. The van der Waals surface area contributed by atoms with Crippen molar-refractivity contribution < 1.29 is 0 Å². The van der Waals surface area contributed by atoms with Gasteiger partial charge in [-0.1, -0.05) is 46.3 Å². The van der Waals surface area contributed by atoms with E-state index in [2.05, 4.69) is 25.9 Å². The molecule has 0 unspecified atom stereocenters. The molecule has 2 aromatic heterocycles. The quantitative estimate of drug-likeness (QED) is 0.586. The number of nitrogen functional groups attached to an aromatic ring is 1. The molecule has 2 aromatic carbocycles. The third-order valence-electron chi connectivity index (χ3n) is 3.56. The number of hydrogen-bond donors (Lipinski definition) is 1. The van der Waals surface area contributed by atoms with E-state index >= 15 is 0 Å². The van der Waals surface area contributed by atoms with Gasteiger partial charge in [0.1, 0.15) is 5.69 Å². The van der Waals surface area contributed by atoms with Crippen molar-refractivity contribution in [1.82, 2.24) is 19.7 Å². The van der Waals surface area contributed by atoms with Gasteiger partial charge in [-0.2, -0.15) is 10.1 Å². The van der Waals surface area contributed by atoms with Crippen molar-refractivity contribution >= 4 is 32.9 Å². The number of benzene rings is 2. The fourth-order valence-electron chi connectivity index (χ4n) is 2.49. The molecule has 4 rings (SSSR count). The Morgan fingerprint density at radius 2 is 1.70 bits per heavy atom. The van der Waals surface area contributed by atoms with Crippen molar-refractivity contribution in [3.8, 4) is 16.9 Å². The number of anilines is 1. The first-order valence-electron chi connectivity index (χ1n) is 7.05. The summed E-state index contributed by atoms with van der Waals surface area (Å²) in [5, 5.41) is 5.61. The maximum Gasteiger partial charge on any atom is 0.222 e. The smallest absolute Gasteiger partial charge is 0.222 e. The zero-order valence-electron chi connectivity index (χ0n) is 12.0. The summed E-state index contributed by atoms with van der Waals surface area (Å²) in [4.78, 5) is 8.50. The van der Waals surface area contributed by atoms with E-state index in [9.17, 15) is 0 Å². The van der Waals surface area contributed by atoms with Crippen LogP contribution >= 0.6 is 15.9 Å². The first kappa shape index (κ1) is 13.9. The lowest BCUT2D eigenvalue weighted by Gasteiger charge is -2.02. The summed E-state index contributed by atoms with van der Waals surface area (Å²) in [6.45, 7) is 0. The van der Waals surface area contributed by atoms with Crippen LogP contribution in [0.15, 0.2) is 65.3 Å². The van der Waals surface area contributed by atoms with E-state index in [-0.39, 0.29) is 5.95 Å². The van der Waals surface area contributed by atoms with Crippen molar-refractivity contribution in [3.63, 3.8) is 0 Å². The largest absolute Gasteiger partial charge is 0.368 e. The van der Waals surface area contributed by atoms with Gasteiger partial charge < -0.3 is 5.73 Å². The molecule has 112 valence electrons. The van der Waals surface area contributed by atoms with Gasteiger partial charge in [0, 0.05) is 16.2 Å². The van der Waals surface area contributed by atoms with Crippen LogP contribution in [0.25, 0.3) is 28.0 Å². The maximum atomic E-state index is 5.77. The van der Waals surface area contributed by atoms with Crippen molar-refractivity contribution in [2.45, 2.75) is 0 Å². The fourth-order valence-corrected chi connectivity index (χ4v) is 2.75. The molecule has 0 amide bonds. The Bertz CT molecular complexity index is 977. The molecule has 2 N–H and O–H groups in total. The monoisotopic (exact) mass is 365 g/mol. The first-order chi connectivity index (χ1) is 11.2. The number of halogens is 1. The number of fused-ring (bicyclic) bond motifs is 1. The van der Waals surface area contributed by atoms with Crippen molar-refractivity contribution in [2.24, 2.45) is 0 Å². The van der Waals surface area contributed by atoms with E-state index in [0.717, 1.165) is 26.8 Å². The molecule has 0 aliphatic carbocycles. The van der Waals surface area contributed by atoms with Crippen LogP contribution in [0.5, 0.6) is 0 Å². The number of rotatable bonds is 2. The molecule has 23 heavy (non-hydrogen) atoms. The zero-order chi connectivity index (χ0) is 15.8. The lowest BCUT2D eigenvalue weighted by Crippen LogP contribution is -2.00.